The molecule has 1 fully saturated rings. The second-order valence-electron chi connectivity index (χ2n) is 10.8. The molecule has 3 N–H and O–H groups in total. The van der Waals surface area contributed by atoms with Gasteiger partial charge in [-0.2, -0.15) is 0 Å². The number of nitrogens with one attached hydrogen (secondary N) is 1. The number of aliphatic carboxylic acids is 1. The van der Waals surface area contributed by atoms with Gasteiger partial charge in [-0.3, -0.25) is 14.4 Å². The van der Waals surface area contributed by atoms with Crippen LogP contribution in [0.2, 0.25) is 0 Å². The van der Waals surface area contributed by atoms with E-state index < -0.39 is 5.97 Å². The van der Waals surface area contributed by atoms with Gasteiger partial charge in [0.2, 0.25) is 5.91 Å². The van der Waals surface area contributed by atoms with Crippen molar-refractivity contribution < 1.29 is 24.6 Å². The standard InChI is InChI=1S/C29H38N2O5/c1-29(2,3)23-10-12-24(13-11-23)31(26(33)18-20-6-14-25(32)15-7-20)19-21-4-8-22(9-5-21)28(36)30-17-16-27(34)35/h4-9,14-15,23-24,32H,10-13,16-19H2,1-3H3,(H,30,36)(H,34,35). The molecule has 0 bridgehead atoms. The SMILES string of the molecule is CC(C)(C)C1CCC(N(Cc2ccc(C(=O)NCCC(=O)O)cc2)C(=O)Cc2ccc(O)cc2)CC1. The number of carboxylic acid groups (broad SMARTS) is 1. The van der Waals surface area contributed by atoms with Crippen molar-refractivity contribution in [3.63, 3.8) is 0 Å². The number of carbonyl (C=O) groups excluding carboxylic acids is 2. The Kier molecular flexibility index (Phi) is 9.13. The normalized spacial score (nSPS) is 17.9. The van der Waals surface area contributed by atoms with Crippen molar-refractivity contribution in [3.8, 4) is 5.75 Å². The first-order valence-electron chi connectivity index (χ1n) is 12.7. The van der Waals surface area contributed by atoms with Gasteiger partial charge in [0, 0.05) is 24.7 Å². The third-order valence-corrected chi connectivity index (χ3v) is 7.17. The molecule has 0 unspecified atom stereocenters. The lowest BCUT2D eigenvalue weighted by Crippen LogP contribution is -2.43. The van der Waals surface area contributed by atoms with Crippen LogP contribution in [0.3, 0.4) is 0 Å². The molecule has 0 saturated heterocycles. The van der Waals surface area contributed by atoms with Crippen molar-refractivity contribution in [1.29, 1.82) is 0 Å². The van der Waals surface area contributed by atoms with E-state index in [0.717, 1.165) is 36.8 Å². The molecule has 36 heavy (non-hydrogen) atoms. The number of carboxylic acids is 1. The minimum absolute atomic E-state index is 0.0513. The van der Waals surface area contributed by atoms with E-state index in [1.54, 1.807) is 36.4 Å². The van der Waals surface area contributed by atoms with Crippen molar-refractivity contribution in [2.45, 2.75) is 71.9 Å². The van der Waals surface area contributed by atoms with Crippen LogP contribution in [0.1, 0.15) is 74.4 Å². The van der Waals surface area contributed by atoms with E-state index in [-0.39, 0.29) is 48.4 Å². The highest BCUT2D eigenvalue weighted by atomic mass is 16.4. The van der Waals surface area contributed by atoms with Gasteiger partial charge in [-0.15, -0.1) is 0 Å². The Morgan fingerprint density at radius 1 is 0.917 bits per heavy atom. The van der Waals surface area contributed by atoms with E-state index in [2.05, 4.69) is 26.1 Å². The number of carbonyl (C=O) groups is 3. The fourth-order valence-corrected chi connectivity index (χ4v) is 4.91. The maximum Gasteiger partial charge on any atom is 0.305 e. The maximum absolute atomic E-state index is 13.5. The zero-order valence-corrected chi connectivity index (χ0v) is 21.5. The van der Waals surface area contributed by atoms with Crippen LogP contribution in [0.15, 0.2) is 48.5 Å². The maximum atomic E-state index is 13.5. The number of amides is 2. The number of rotatable bonds is 9. The molecule has 194 valence electrons. The number of phenols is 1. The summed E-state index contributed by atoms with van der Waals surface area (Å²) in [6, 6.07) is 14.0. The molecule has 0 aliphatic heterocycles. The van der Waals surface area contributed by atoms with Crippen LogP contribution < -0.4 is 5.32 Å². The van der Waals surface area contributed by atoms with Gasteiger partial charge in [-0.05, 0) is 72.4 Å². The largest absolute Gasteiger partial charge is 0.508 e. The van der Waals surface area contributed by atoms with Crippen LogP contribution in [0.25, 0.3) is 0 Å². The summed E-state index contributed by atoms with van der Waals surface area (Å²) in [6.45, 7) is 7.39. The van der Waals surface area contributed by atoms with Crippen LogP contribution in [0.4, 0.5) is 0 Å². The van der Waals surface area contributed by atoms with Gasteiger partial charge >= 0.3 is 5.97 Å². The summed E-state index contributed by atoms with van der Waals surface area (Å²) in [5.41, 5.74) is 2.51. The lowest BCUT2D eigenvalue weighted by Gasteiger charge is -2.41. The minimum atomic E-state index is -0.959. The molecule has 7 heteroatoms. The summed E-state index contributed by atoms with van der Waals surface area (Å²) in [5, 5.41) is 20.9. The third-order valence-electron chi connectivity index (χ3n) is 7.17. The molecular formula is C29H38N2O5. The van der Waals surface area contributed by atoms with Gasteiger partial charge < -0.3 is 20.4 Å². The first kappa shape index (κ1) is 27.2. The molecule has 0 radical (unpaired) electrons. The second kappa shape index (κ2) is 12.1. The monoisotopic (exact) mass is 494 g/mol. The Bertz CT molecular complexity index is 1030. The van der Waals surface area contributed by atoms with Crippen LogP contribution in [0, 0.1) is 11.3 Å². The number of hydrogen-bond donors (Lipinski definition) is 3. The lowest BCUT2D eigenvalue weighted by molar-refractivity contribution is -0.137. The summed E-state index contributed by atoms with van der Waals surface area (Å²) >= 11 is 0. The number of aromatic hydroxyl groups is 1. The third kappa shape index (κ3) is 7.83. The molecular weight excluding hydrogens is 456 g/mol. The number of nitrogens with zero attached hydrogens (tertiary/aromatic N) is 1. The molecule has 7 nitrogen and oxygen atoms in total. The summed E-state index contributed by atoms with van der Waals surface area (Å²) < 4.78 is 0. The lowest BCUT2D eigenvalue weighted by atomic mass is 9.71. The number of hydrogen-bond acceptors (Lipinski definition) is 4. The molecule has 0 heterocycles. The average Bonchev–Trinajstić information content (AvgIpc) is 2.83. The number of benzene rings is 2. The van der Waals surface area contributed by atoms with E-state index in [4.69, 9.17) is 5.11 Å². The Morgan fingerprint density at radius 2 is 1.50 bits per heavy atom. The Labute approximate surface area is 213 Å². The highest BCUT2D eigenvalue weighted by Gasteiger charge is 2.33. The Morgan fingerprint density at radius 3 is 2.06 bits per heavy atom. The van der Waals surface area contributed by atoms with Gasteiger partial charge in [-0.25, -0.2) is 0 Å². The highest BCUT2D eigenvalue weighted by Crippen LogP contribution is 2.39. The molecule has 1 aliphatic rings. The first-order valence-corrected chi connectivity index (χ1v) is 12.7. The number of phenolic OH excluding ortho intramolecular Hbond substituents is 1. The topological polar surface area (TPSA) is 107 Å². The van der Waals surface area contributed by atoms with E-state index in [0.29, 0.717) is 18.0 Å². The summed E-state index contributed by atoms with van der Waals surface area (Å²) in [5.74, 6) is -0.407. The van der Waals surface area contributed by atoms with Gasteiger partial charge in [0.15, 0.2) is 0 Å². The zero-order valence-electron chi connectivity index (χ0n) is 21.5. The molecule has 2 amide bonds. The highest BCUT2D eigenvalue weighted by molar-refractivity contribution is 5.94. The molecule has 2 aromatic rings. The predicted octanol–water partition coefficient (Wildman–Crippen LogP) is 4.77. The van der Waals surface area contributed by atoms with Crippen LogP contribution in [0.5, 0.6) is 5.75 Å². The first-order chi connectivity index (χ1) is 17.0. The van der Waals surface area contributed by atoms with Crippen LogP contribution in [-0.2, 0) is 22.6 Å². The predicted molar refractivity (Wildman–Crippen MR) is 139 cm³/mol. The van der Waals surface area contributed by atoms with Gasteiger partial charge in [0.05, 0.1) is 12.8 Å². The average molecular weight is 495 g/mol. The van der Waals surface area contributed by atoms with Crippen LogP contribution >= 0.6 is 0 Å². The molecule has 1 aliphatic carbocycles. The van der Waals surface area contributed by atoms with Gasteiger partial charge in [0.25, 0.3) is 5.91 Å². The van der Waals surface area contributed by atoms with Crippen LogP contribution in [-0.4, -0.2) is 45.5 Å². The van der Waals surface area contributed by atoms with E-state index in [1.165, 1.54) is 0 Å². The van der Waals surface area contributed by atoms with Crippen molar-refractivity contribution >= 4 is 17.8 Å². The van der Waals surface area contributed by atoms with Crippen molar-refractivity contribution in [2.75, 3.05) is 6.54 Å². The van der Waals surface area contributed by atoms with E-state index >= 15 is 0 Å². The van der Waals surface area contributed by atoms with Gasteiger partial charge in [-0.1, -0.05) is 45.0 Å². The summed E-state index contributed by atoms with van der Waals surface area (Å²) in [7, 11) is 0. The van der Waals surface area contributed by atoms with Crippen molar-refractivity contribution in [3.05, 3.63) is 65.2 Å². The smallest absolute Gasteiger partial charge is 0.305 e. The van der Waals surface area contributed by atoms with Gasteiger partial charge in [0.1, 0.15) is 5.75 Å². The van der Waals surface area contributed by atoms with E-state index in [9.17, 15) is 19.5 Å². The Balaban J connectivity index is 1.71. The minimum Gasteiger partial charge on any atom is -0.508 e. The quantitative estimate of drug-likeness (QED) is 0.465. The Hall–Kier alpha value is -3.35. The summed E-state index contributed by atoms with van der Waals surface area (Å²) in [4.78, 5) is 38.4. The molecule has 3 rings (SSSR count). The fraction of sp³-hybridized carbons (Fsp3) is 0.483. The molecule has 1 saturated carbocycles. The van der Waals surface area contributed by atoms with Crippen molar-refractivity contribution in [2.24, 2.45) is 11.3 Å². The fourth-order valence-electron chi connectivity index (χ4n) is 4.91. The molecule has 0 spiro atoms. The molecule has 2 aromatic carbocycles. The second-order valence-corrected chi connectivity index (χ2v) is 10.8. The molecule has 0 aromatic heterocycles. The molecule has 0 atom stereocenters. The van der Waals surface area contributed by atoms with Crippen molar-refractivity contribution in [1.82, 2.24) is 10.2 Å². The van der Waals surface area contributed by atoms with E-state index in [1.807, 2.05) is 17.0 Å². The zero-order chi connectivity index (χ0) is 26.3. The summed E-state index contributed by atoms with van der Waals surface area (Å²) in [6.07, 6.45) is 4.25.